The standard InChI is InChI=1S/C10H14IN/c1-3-12-8(2)9-6-4-5-7-10(9)11/h4-8,12H,3H2,1-2H3. The van der Waals surface area contributed by atoms with Crippen LogP contribution in [0.15, 0.2) is 24.3 Å². The van der Waals surface area contributed by atoms with Gasteiger partial charge in [-0.25, -0.2) is 0 Å². The van der Waals surface area contributed by atoms with Crippen LogP contribution in [-0.4, -0.2) is 6.54 Å². The van der Waals surface area contributed by atoms with Crippen molar-refractivity contribution < 1.29 is 0 Å². The minimum atomic E-state index is 0.461. The number of halogens is 1. The van der Waals surface area contributed by atoms with Crippen molar-refractivity contribution in [2.45, 2.75) is 19.9 Å². The first kappa shape index (κ1) is 9.99. The van der Waals surface area contributed by atoms with Crippen LogP contribution in [-0.2, 0) is 0 Å². The molecule has 0 spiro atoms. The van der Waals surface area contributed by atoms with Gasteiger partial charge in [0.15, 0.2) is 0 Å². The molecule has 66 valence electrons. The van der Waals surface area contributed by atoms with E-state index in [0.717, 1.165) is 6.54 Å². The molecule has 1 unspecified atom stereocenters. The van der Waals surface area contributed by atoms with Gasteiger partial charge < -0.3 is 5.32 Å². The summed E-state index contributed by atoms with van der Waals surface area (Å²) in [6.45, 7) is 5.35. The molecule has 1 atom stereocenters. The van der Waals surface area contributed by atoms with Gasteiger partial charge in [-0.2, -0.15) is 0 Å². The van der Waals surface area contributed by atoms with Crippen molar-refractivity contribution in [3.05, 3.63) is 33.4 Å². The Kier molecular flexibility index (Phi) is 4.01. The van der Waals surface area contributed by atoms with Crippen molar-refractivity contribution in [2.75, 3.05) is 6.54 Å². The van der Waals surface area contributed by atoms with E-state index in [4.69, 9.17) is 0 Å². The summed E-state index contributed by atoms with van der Waals surface area (Å²) in [5, 5.41) is 3.40. The molecule has 0 heterocycles. The number of rotatable bonds is 3. The largest absolute Gasteiger partial charge is 0.310 e. The summed E-state index contributed by atoms with van der Waals surface area (Å²) in [5.41, 5.74) is 1.39. The molecule has 0 saturated heterocycles. The van der Waals surface area contributed by atoms with E-state index in [1.54, 1.807) is 0 Å². The lowest BCUT2D eigenvalue weighted by Crippen LogP contribution is -2.18. The topological polar surface area (TPSA) is 12.0 Å². The van der Waals surface area contributed by atoms with E-state index >= 15 is 0 Å². The summed E-state index contributed by atoms with van der Waals surface area (Å²) in [7, 11) is 0. The number of nitrogens with one attached hydrogen (secondary N) is 1. The third kappa shape index (κ3) is 2.45. The van der Waals surface area contributed by atoms with Gasteiger partial charge in [0, 0.05) is 9.61 Å². The van der Waals surface area contributed by atoms with Gasteiger partial charge in [-0.15, -0.1) is 0 Å². The number of hydrogen-bond acceptors (Lipinski definition) is 1. The van der Waals surface area contributed by atoms with Crippen molar-refractivity contribution in [2.24, 2.45) is 0 Å². The molecule has 1 rings (SSSR count). The Bertz CT molecular complexity index is 247. The molecule has 1 nitrogen and oxygen atoms in total. The molecular formula is C10H14IN. The molecule has 1 aromatic rings. The van der Waals surface area contributed by atoms with Crippen LogP contribution in [0.3, 0.4) is 0 Å². The highest BCUT2D eigenvalue weighted by Crippen LogP contribution is 2.18. The Balaban J connectivity index is 2.79. The normalized spacial score (nSPS) is 12.9. The van der Waals surface area contributed by atoms with E-state index in [9.17, 15) is 0 Å². The minimum absolute atomic E-state index is 0.461. The van der Waals surface area contributed by atoms with Gasteiger partial charge in [-0.1, -0.05) is 25.1 Å². The molecule has 1 N–H and O–H groups in total. The fourth-order valence-corrected chi connectivity index (χ4v) is 2.10. The molecule has 0 aliphatic carbocycles. The Labute approximate surface area is 87.7 Å². The second-order valence-corrected chi connectivity index (χ2v) is 3.96. The third-order valence-corrected chi connectivity index (χ3v) is 2.86. The van der Waals surface area contributed by atoms with Gasteiger partial charge >= 0.3 is 0 Å². The minimum Gasteiger partial charge on any atom is -0.310 e. The highest BCUT2D eigenvalue weighted by molar-refractivity contribution is 14.1. The lowest BCUT2D eigenvalue weighted by molar-refractivity contribution is 0.596. The van der Waals surface area contributed by atoms with Gasteiger partial charge in [0.1, 0.15) is 0 Å². The first-order valence-corrected chi connectivity index (χ1v) is 5.31. The van der Waals surface area contributed by atoms with Crippen molar-refractivity contribution in [3.63, 3.8) is 0 Å². The van der Waals surface area contributed by atoms with E-state index in [0.29, 0.717) is 6.04 Å². The smallest absolute Gasteiger partial charge is 0.0302 e. The van der Waals surface area contributed by atoms with Crippen molar-refractivity contribution in [3.8, 4) is 0 Å². The van der Waals surface area contributed by atoms with Gasteiger partial charge in [0.05, 0.1) is 0 Å². The predicted octanol–water partition coefficient (Wildman–Crippen LogP) is 2.96. The number of hydrogen-bond donors (Lipinski definition) is 1. The SMILES string of the molecule is CCNC(C)c1ccccc1I. The van der Waals surface area contributed by atoms with Crippen molar-refractivity contribution in [1.82, 2.24) is 5.32 Å². The Morgan fingerprint density at radius 1 is 1.42 bits per heavy atom. The molecule has 0 bridgehead atoms. The lowest BCUT2D eigenvalue weighted by Gasteiger charge is -2.13. The van der Waals surface area contributed by atoms with E-state index in [-0.39, 0.29) is 0 Å². The maximum Gasteiger partial charge on any atom is 0.0302 e. The summed E-state index contributed by atoms with van der Waals surface area (Å²) >= 11 is 2.38. The first-order valence-electron chi connectivity index (χ1n) is 4.23. The van der Waals surface area contributed by atoms with E-state index < -0.39 is 0 Å². The Morgan fingerprint density at radius 2 is 2.08 bits per heavy atom. The second-order valence-electron chi connectivity index (χ2n) is 2.80. The van der Waals surface area contributed by atoms with Crippen molar-refractivity contribution in [1.29, 1.82) is 0 Å². The summed E-state index contributed by atoms with van der Waals surface area (Å²) in [5.74, 6) is 0. The monoisotopic (exact) mass is 275 g/mol. The summed E-state index contributed by atoms with van der Waals surface area (Å²) in [6, 6.07) is 8.94. The zero-order valence-corrected chi connectivity index (χ0v) is 9.63. The second kappa shape index (κ2) is 4.82. The van der Waals surface area contributed by atoms with Crippen LogP contribution in [0.1, 0.15) is 25.5 Å². The quantitative estimate of drug-likeness (QED) is 0.836. The van der Waals surface area contributed by atoms with E-state index in [1.165, 1.54) is 9.13 Å². The van der Waals surface area contributed by atoms with E-state index in [2.05, 4.69) is 66.0 Å². The molecule has 0 saturated carbocycles. The molecule has 0 radical (unpaired) electrons. The molecule has 2 heteroatoms. The highest BCUT2D eigenvalue weighted by Gasteiger charge is 2.05. The third-order valence-electron chi connectivity index (χ3n) is 1.88. The van der Waals surface area contributed by atoms with Crippen LogP contribution < -0.4 is 5.32 Å². The molecule has 0 aromatic heterocycles. The molecular weight excluding hydrogens is 261 g/mol. The van der Waals surface area contributed by atoms with Crippen LogP contribution >= 0.6 is 22.6 Å². The van der Waals surface area contributed by atoms with Gasteiger partial charge in [-0.05, 0) is 47.7 Å². The maximum atomic E-state index is 3.40. The number of benzene rings is 1. The lowest BCUT2D eigenvalue weighted by atomic mass is 10.1. The first-order chi connectivity index (χ1) is 5.75. The Morgan fingerprint density at radius 3 is 2.67 bits per heavy atom. The van der Waals surface area contributed by atoms with Crippen LogP contribution in [0, 0.1) is 3.57 Å². The molecule has 1 aromatic carbocycles. The molecule has 0 aliphatic heterocycles. The summed E-state index contributed by atoms with van der Waals surface area (Å²) < 4.78 is 1.34. The zero-order chi connectivity index (χ0) is 8.97. The van der Waals surface area contributed by atoms with E-state index in [1.807, 2.05) is 0 Å². The van der Waals surface area contributed by atoms with Crippen LogP contribution in [0.4, 0.5) is 0 Å². The van der Waals surface area contributed by atoms with Crippen molar-refractivity contribution >= 4 is 22.6 Å². The zero-order valence-electron chi connectivity index (χ0n) is 7.47. The average Bonchev–Trinajstić information content (AvgIpc) is 2.05. The molecule has 0 aliphatic rings. The predicted molar refractivity (Wildman–Crippen MR) is 61.3 cm³/mol. The highest BCUT2D eigenvalue weighted by atomic mass is 127. The average molecular weight is 275 g/mol. The van der Waals surface area contributed by atoms with Gasteiger partial charge in [-0.3, -0.25) is 0 Å². The van der Waals surface area contributed by atoms with Gasteiger partial charge in [0.2, 0.25) is 0 Å². The summed E-state index contributed by atoms with van der Waals surface area (Å²) in [6.07, 6.45) is 0. The fraction of sp³-hybridized carbons (Fsp3) is 0.400. The molecule has 0 fully saturated rings. The van der Waals surface area contributed by atoms with Crippen LogP contribution in [0.25, 0.3) is 0 Å². The summed E-state index contributed by atoms with van der Waals surface area (Å²) in [4.78, 5) is 0. The van der Waals surface area contributed by atoms with Crippen LogP contribution in [0.2, 0.25) is 0 Å². The Hall–Kier alpha value is -0.0900. The van der Waals surface area contributed by atoms with Gasteiger partial charge in [0.25, 0.3) is 0 Å². The fourth-order valence-electron chi connectivity index (χ4n) is 1.24. The molecule has 12 heavy (non-hydrogen) atoms. The van der Waals surface area contributed by atoms with Crippen LogP contribution in [0.5, 0.6) is 0 Å². The molecule has 0 amide bonds. The maximum absolute atomic E-state index is 3.40.